The van der Waals surface area contributed by atoms with Gasteiger partial charge in [-0.05, 0) is 26.7 Å². The molecule has 0 aromatic rings. The quantitative estimate of drug-likeness (QED) is 0.584. The van der Waals surface area contributed by atoms with Crippen LogP contribution in [0.25, 0.3) is 0 Å². The average Bonchev–Trinajstić information content (AvgIpc) is 2.30. The predicted octanol–water partition coefficient (Wildman–Crippen LogP) is 2.31. The highest BCUT2D eigenvalue weighted by Crippen LogP contribution is 2.26. The number of allylic oxidation sites excluding steroid dienone is 4. The van der Waals surface area contributed by atoms with E-state index in [0.29, 0.717) is 12.8 Å². The van der Waals surface area contributed by atoms with Gasteiger partial charge in [0.05, 0.1) is 12.1 Å². The topological polar surface area (TPSA) is 50.8 Å². The highest BCUT2D eigenvalue weighted by Gasteiger charge is 2.16. The Morgan fingerprint density at radius 1 is 1.00 bits per heavy atom. The van der Waals surface area contributed by atoms with Gasteiger partial charge in [0.2, 0.25) is 0 Å². The molecule has 0 radical (unpaired) electrons. The van der Waals surface area contributed by atoms with Crippen molar-refractivity contribution in [2.75, 3.05) is 7.05 Å². The largest absolute Gasteiger partial charge is 0.350 e. The fourth-order valence-corrected chi connectivity index (χ4v) is 1.54. The summed E-state index contributed by atoms with van der Waals surface area (Å²) in [5.74, 6) is 0. The van der Waals surface area contributed by atoms with Gasteiger partial charge < -0.3 is 4.90 Å². The van der Waals surface area contributed by atoms with Gasteiger partial charge in [-0.1, -0.05) is 0 Å². The Morgan fingerprint density at radius 3 is 1.64 bits per heavy atom. The van der Waals surface area contributed by atoms with Crippen molar-refractivity contribution in [2.24, 2.45) is 0 Å². The third kappa shape index (κ3) is 1.63. The Labute approximate surface area is 84.5 Å². The molecule has 0 saturated carbocycles. The Morgan fingerprint density at radius 2 is 1.36 bits per heavy atom. The van der Waals surface area contributed by atoms with Crippen LogP contribution in [-0.2, 0) is 0 Å². The summed E-state index contributed by atoms with van der Waals surface area (Å²) in [6.45, 7) is 3.84. The van der Waals surface area contributed by atoms with Crippen LogP contribution in [0.5, 0.6) is 0 Å². The van der Waals surface area contributed by atoms with Crippen molar-refractivity contribution in [3.8, 4) is 12.1 Å². The molecular weight excluding hydrogens is 174 g/mol. The maximum Gasteiger partial charge on any atom is 0.0965 e. The Hall–Kier alpha value is -1.74. The van der Waals surface area contributed by atoms with E-state index in [-0.39, 0.29) is 0 Å². The second-order valence-electron chi connectivity index (χ2n) is 3.41. The van der Waals surface area contributed by atoms with E-state index in [2.05, 4.69) is 12.1 Å². The summed E-state index contributed by atoms with van der Waals surface area (Å²) < 4.78 is 0. The smallest absolute Gasteiger partial charge is 0.0965 e. The molecule has 14 heavy (non-hydrogen) atoms. The van der Waals surface area contributed by atoms with Gasteiger partial charge in [-0.15, -0.1) is 0 Å². The van der Waals surface area contributed by atoms with Crippen LogP contribution in [0.15, 0.2) is 22.5 Å². The van der Waals surface area contributed by atoms with E-state index >= 15 is 0 Å². The molecule has 0 N–H and O–H groups in total. The molecule has 1 aliphatic rings. The first-order chi connectivity index (χ1) is 6.61. The van der Waals surface area contributed by atoms with Crippen LogP contribution in [-0.4, -0.2) is 11.9 Å². The SMILES string of the molecule is CC1=C(C#N)CCC(C#N)=C(C)N1C. The molecule has 0 atom stereocenters. The summed E-state index contributed by atoms with van der Waals surface area (Å²) in [6.07, 6.45) is 1.35. The fraction of sp³-hybridized carbons (Fsp3) is 0.455. The standard InChI is InChI=1S/C11H13N3/c1-8-10(6-12)4-5-11(7-13)9(2)14(8)3/h4-5H2,1-3H3. The molecular formula is C11H13N3. The van der Waals surface area contributed by atoms with Crippen LogP contribution in [0.2, 0.25) is 0 Å². The Kier molecular flexibility index (Phi) is 2.94. The zero-order valence-corrected chi connectivity index (χ0v) is 8.76. The minimum atomic E-state index is 0.674. The van der Waals surface area contributed by atoms with Crippen molar-refractivity contribution in [1.29, 1.82) is 10.5 Å². The van der Waals surface area contributed by atoms with Crippen molar-refractivity contribution in [1.82, 2.24) is 4.90 Å². The van der Waals surface area contributed by atoms with Gasteiger partial charge in [0.1, 0.15) is 0 Å². The zero-order chi connectivity index (χ0) is 10.7. The lowest BCUT2D eigenvalue weighted by Crippen LogP contribution is -2.14. The van der Waals surface area contributed by atoms with E-state index in [1.54, 1.807) is 0 Å². The van der Waals surface area contributed by atoms with Gasteiger partial charge in [0, 0.05) is 29.6 Å². The van der Waals surface area contributed by atoms with Crippen molar-refractivity contribution >= 4 is 0 Å². The molecule has 72 valence electrons. The van der Waals surface area contributed by atoms with E-state index in [4.69, 9.17) is 10.5 Å². The van der Waals surface area contributed by atoms with Crippen molar-refractivity contribution < 1.29 is 0 Å². The molecule has 0 fully saturated rings. The fourth-order valence-electron chi connectivity index (χ4n) is 1.54. The minimum Gasteiger partial charge on any atom is -0.350 e. The van der Waals surface area contributed by atoms with E-state index in [1.165, 1.54) is 0 Å². The van der Waals surface area contributed by atoms with Gasteiger partial charge in [0.15, 0.2) is 0 Å². The minimum absolute atomic E-state index is 0.674. The summed E-state index contributed by atoms with van der Waals surface area (Å²) in [6, 6.07) is 4.38. The van der Waals surface area contributed by atoms with Crippen molar-refractivity contribution in [3.63, 3.8) is 0 Å². The lowest BCUT2D eigenvalue weighted by Gasteiger charge is -2.20. The normalized spacial score (nSPS) is 17.6. The molecule has 0 aliphatic carbocycles. The number of rotatable bonds is 0. The Bertz CT molecular complexity index is 350. The van der Waals surface area contributed by atoms with Crippen molar-refractivity contribution in [3.05, 3.63) is 22.5 Å². The summed E-state index contributed by atoms with van der Waals surface area (Å²) in [4.78, 5) is 1.92. The molecule has 0 bridgehead atoms. The van der Waals surface area contributed by atoms with Crippen LogP contribution in [0.3, 0.4) is 0 Å². The summed E-state index contributed by atoms with van der Waals surface area (Å²) in [5.41, 5.74) is 3.46. The number of nitrogens with zero attached hydrogens (tertiary/aromatic N) is 3. The molecule has 0 spiro atoms. The maximum absolute atomic E-state index is 8.91. The monoisotopic (exact) mass is 187 g/mol. The number of hydrogen-bond acceptors (Lipinski definition) is 3. The molecule has 1 heterocycles. The average molecular weight is 187 g/mol. The number of hydrogen-bond donors (Lipinski definition) is 0. The highest BCUT2D eigenvalue weighted by molar-refractivity contribution is 5.37. The van der Waals surface area contributed by atoms with Gasteiger partial charge in [0.25, 0.3) is 0 Å². The summed E-state index contributed by atoms with van der Waals surface area (Å²) in [5, 5.41) is 17.8. The van der Waals surface area contributed by atoms with Gasteiger partial charge in [-0.25, -0.2) is 0 Å². The lowest BCUT2D eigenvalue weighted by atomic mass is 10.1. The molecule has 0 aromatic carbocycles. The molecule has 0 amide bonds. The third-order valence-corrected chi connectivity index (χ3v) is 2.77. The van der Waals surface area contributed by atoms with E-state index in [0.717, 1.165) is 22.5 Å². The summed E-state index contributed by atoms with van der Waals surface area (Å²) in [7, 11) is 1.89. The first-order valence-electron chi connectivity index (χ1n) is 4.55. The van der Waals surface area contributed by atoms with Crippen LogP contribution in [0, 0.1) is 22.7 Å². The lowest BCUT2D eigenvalue weighted by molar-refractivity contribution is 0.516. The Balaban J connectivity index is 3.17. The van der Waals surface area contributed by atoms with Gasteiger partial charge >= 0.3 is 0 Å². The zero-order valence-electron chi connectivity index (χ0n) is 8.76. The van der Waals surface area contributed by atoms with Crippen LogP contribution >= 0.6 is 0 Å². The molecule has 0 saturated heterocycles. The van der Waals surface area contributed by atoms with Gasteiger partial charge in [-0.2, -0.15) is 10.5 Å². The molecule has 0 unspecified atom stereocenters. The maximum atomic E-state index is 8.91. The highest BCUT2D eigenvalue weighted by atomic mass is 15.1. The van der Waals surface area contributed by atoms with Crippen LogP contribution in [0.1, 0.15) is 26.7 Å². The third-order valence-electron chi connectivity index (χ3n) is 2.77. The van der Waals surface area contributed by atoms with Gasteiger partial charge in [-0.3, -0.25) is 0 Å². The summed E-state index contributed by atoms with van der Waals surface area (Å²) >= 11 is 0. The predicted molar refractivity (Wildman–Crippen MR) is 53.6 cm³/mol. The van der Waals surface area contributed by atoms with E-state index < -0.39 is 0 Å². The van der Waals surface area contributed by atoms with Crippen LogP contribution < -0.4 is 0 Å². The molecule has 3 nitrogen and oxygen atoms in total. The van der Waals surface area contributed by atoms with Crippen molar-refractivity contribution in [2.45, 2.75) is 26.7 Å². The molecule has 3 heteroatoms. The molecule has 0 aromatic heterocycles. The van der Waals surface area contributed by atoms with E-state index in [9.17, 15) is 0 Å². The second-order valence-corrected chi connectivity index (χ2v) is 3.41. The first-order valence-corrected chi connectivity index (χ1v) is 4.55. The molecule has 1 aliphatic heterocycles. The molecule has 1 rings (SSSR count). The van der Waals surface area contributed by atoms with Crippen LogP contribution in [0.4, 0.5) is 0 Å². The second kappa shape index (κ2) is 3.98. The van der Waals surface area contributed by atoms with E-state index in [1.807, 2.05) is 25.8 Å². The number of nitriles is 2. The first kappa shape index (κ1) is 10.3.